The van der Waals surface area contributed by atoms with E-state index in [1.165, 1.54) is 13.5 Å². The molecule has 9 nitrogen and oxygen atoms in total. The molecule has 1 atom stereocenters. The standard InChI is InChI=1S/C15H12N6O2.C7H12O/c1-23-12-6-11-9(7-17-20-11)5-10(12)15(22)19-14-8-16-13-3-2-4-18-21(13)14;1-6-3-2-4-7(8)5-6/h2-8H,1H3,(H,17,20)(H,19,22);6H,2-5H2,1H3. The molecule has 1 aromatic carbocycles. The van der Waals surface area contributed by atoms with Crippen molar-refractivity contribution in [1.82, 2.24) is 24.8 Å². The maximum atomic E-state index is 12.6. The molecule has 3 heterocycles. The van der Waals surface area contributed by atoms with Crippen molar-refractivity contribution in [2.24, 2.45) is 5.92 Å². The molecule has 1 saturated carbocycles. The normalized spacial score (nSPS) is 16.1. The molecule has 4 aromatic rings. The number of amides is 1. The summed E-state index contributed by atoms with van der Waals surface area (Å²) in [7, 11) is 1.52. The number of rotatable bonds is 3. The van der Waals surface area contributed by atoms with E-state index in [0.717, 1.165) is 30.2 Å². The van der Waals surface area contributed by atoms with E-state index in [-0.39, 0.29) is 5.91 Å². The summed E-state index contributed by atoms with van der Waals surface area (Å²) >= 11 is 0. The van der Waals surface area contributed by atoms with Gasteiger partial charge in [-0.3, -0.25) is 14.7 Å². The molecule has 5 rings (SSSR count). The number of H-pyrrole nitrogens is 1. The van der Waals surface area contributed by atoms with Crippen LogP contribution in [0.15, 0.2) is 42.9 Å². The Bertz CT molecular complexity index is 1230. The first-order chi connectivity index (χ1) is 15.0. The predicted octanol–water partition coefficient (Wildman–Crippen LogP) is 3.63. The maximum Gasteiger partial charge on any atom is 0.260 e. The summed E-state index contributed by atoms with van der Waals surface area (Å²) in [6.45, 7) is 2.15. The number of nitrogens with one attached hydrogen (secondary N) is 2. The van der Waals surface area contributed by atoms with Crippen LogP contribution in [0.1, 0.15) is 43.0 Å². The predicted molar refractivity (Wildman–Crippen MR) is 116 cm³/mol. The van der Waals surface area contributed by atoms with Crippen LogP contribution >= 0.6 is 0 Å². The molecule has 0 aliphatic heterocycles. The number of methoxy groups -OCH3 is 1. The molecule has 0 saturated heterocycles. The second-order valence-electron chi connectivity index (χ2n) is 7.64. The number of fused-ring (bicyclic) bond motifs is 2. The summed E-state index contributed by atoms with van der Waals surface area (Å²) in [5.41, 5.74) is 1.86. The van der Waals surface area contributed by atoms with Crippen LogP contribution in [0.5, 0.6) is 5.75 Å². The number of anilines is 1. The summed E-state index contributed by atoms with van der Waals surface area (Å²) < 4.78 is 6.86. The Kier molecular flexibility index (Phi) is 5.92. The fraction of sp³-hybridized carbons (Fsp3) is 0.318. The van der Waals surface area contributed by atoms with Crippen molar-refractivity contribution in [2.75, 3.05) is 12.4 Å². The average molecular weight is 420 g/mol. The minimum Gasteiger partial charge on any atom is -0.496 e. The van der Waals surface area contributed by atoms with Gasteiger partial charge in [-0.05, 0) is 37.0 Å². The van der Waals surface area contributed by atoms with Gasteiger partial charge >= 0.3 is 0 Å². The molecule has 2 N–H and O–H groups in total. The van der Waals surface area contributed by atoms with Gasteiger partial charge in [0.1, 0.15) is 11.5 Å². The Balaban J connectivity index is 0.000000245. The summed E-state index contributed by atoms with van der Waals surface area (Å²) in [5.74, 6) is 1.76. The molecule has 0 spiro atoms. The van der Waals surface area contributed by atoms with Gasteiger partial charge in [0.25, 0.3) is 5.91 Å². The van der Waals surface area contributed by atoms with Crippen molar-refractivity contribution < 1.29 is 14.3 Å². The van der Waals surface area contributed by atoms with Crippen molar-refractivity contribution >= 4 is 34.1 Å². The SMILES string of the molecule is CC1CCCC(=O)C1.COc1cc2[nH]ncc2cc1C(=O)Nc1cnc2cccnn12. The highest BCUT2D eigenvalue weighted by Crippen LogP contribution is 2.25. The Morgan fingerprint density at radius 3 is 2.94 bits per heavy atom. The number of ketones is 1. The Morgan fingerprint density at radius 1 is 1.32 bits per heavy atom. The van der Waals surface area contributed by atoms with Gasteiger partial charge in [0, 0.05) is 30.5 Å². The number of aromatic nitrogens is 5. The van der Waals surface area contributed by atoms with Crippen molar-refractivity contribution in [2.45, 2.75) is 32.6 Å². The smallest absolute Gasteiger partial charge is 0.260 e. The topological polar surface area (TPSA) is 114 Å². The maximum absolute atomic E-state index is 12.6. The van der Waals surface area contributed by atoms with E-state index >= 15 is 0 Å². The van der Waals surface area contributed by atoms with Crippen molar-refractivity contribution in [1.29, 1.82) is 0 Å². The number of hydrogen-bond acceptors (Lipinski definition) is 6. The van der Waals surface area contributed by atoms with Gasteiger partial charge in [0.05, 0.1) is 30.6 Å². The molecule has 160 valence electrons. The third-order valence-corrected chi connectivity index (χ3v) is 5.25. The molecule has 0 radical (unpaired) electrons. The number of carbonyl (C=O) groups is 2. The first-order valence-corrected chi connectivity index (χ1v) is 10.2. The summed E-state index contributed by atoms with van der Waals surface area (Å²) in [6.07, 6.45) is 8.89. The van der Waals surface area contributed by atoms with Gasteiger partial charge in [-0.1, -0.05) is 6.92 Å². The molecular formula is C22H24N6O3. The Labute approximate surface area is 178 Å². The number of Topliss-reactive ketones (excluding diaryl/α,β-unsaturated/α-hetero) is 1. The molecule has 1 unspecified atom stereocenters. The van der Waals surface area contributed by atoms with Crippen LogP contribution in [0.25, 0.3) is 16.6 Å². The van der Waals surface area contributed by atoms with Crippen LogP contribution in [0.3, 0.4) is 0 Å². The number of hydrogen-bond donors (Lipinski definition) is 2. The van der Waals surface area contributed by atoms with Crippen LogP contribution in [-0.4, -0.2) is 43.6 Å². The third-order valence-electron chi connectivity index (χ3n) is 5.25. The molecule has 9 heteroatoms. The minimum absolute atomic E-state index is 0.308. The van der Waals surface area contributed by atoms with Crippen molar-refractivity contribution in [3.63, 3.8) is 0 Å². The molecule has 1 aliphatic carbocycles. The quantitative estimate of drug-likeness (QED) is 0.523. The van der Waals surface area contributed by atoms with E-state index in [1.54, 1.807) is 47.4 Å². The highest BCUT2D eigenvalue weighted by atomic mass is 16.5. The second-order valence-corrected chi connectivity index (χ2v) is 7.64. The average Bonchev–Trinajstić information content (AvgIpc) is 3.39. The van der Waals surface area contributed by atoms with E-state index < -0.39 is 0 Å². The molecule has 1 aliphatic rings. The van der Waals surface area contributed by atoms with Crippen LogP contribution in [-0.2, 0) is 4.79 Å². The molecule has 1 amide bonds. The molecule has 0 bridgehead atoms. The fourth-order valence-corrected chi connectivity index (χ4v) is 3.66. The van der Waals surface area contributed by atoms with Crippen LogP contribution < -0.4 is 10.1 Å². The largest absolute Gasteiger partial charge is 0.496 e. The second kappa shape index (κ2) is 8.95. The number of benzene rings is 1. The van der Waals surface area contributed by atoms with Gasteiger partial charge in [-0.15, -0.1) is 0 Å². The van der Waals surface area contributed by atoms with Crippen LogP contribution in [0.4, 0.5) is 5.82 Å². The molecular weight excluding hydrogens is 396 g/mol. The zero-order valence-corrected chi connectivity index (χ0v) is 17.5. The number of carbonyl (C=O) groups excluding carboxylic acids is 2. The van der Waals surface area contributed by atoms with Crippen LogP contribution in [0.2, 0.25) is 0 Å². The summed E-state index contributed by atoms with van der Waals surface area (Å²) in [5, 5.41) is 14.6. The highest BCUT2D eigenvalue weighted by Gasteiger charge is 2.17. The molecule has 1 fully saturated rings. The first-order valence-electron chi connectivity index (χ1n) is 10.2. The monoisotopic (exact) mass is 420 g/mol. The van der Waals surface area contributed by atoms with Gasteiger partial charge in [0.15, 0.2) is 11.5 Å². The zero-order valence-electron chi connectivity index (χ0n) is 17.5. The Hall–Kier alpha value is -3.75. The summed E-state index contributed by atoms with van der Waals surface area (Å²) in [4.78, 5) is 27.5. The summed E-state index contributed by atoms with van der Waals surface area (Å²) in [6, 6.07) is 7.05. The van der Waals surface area contributed by atoms with Crippen molar-refractivity contribution in [3.8, 4) is 5.75 Å². The van der Waals surface area contributed by atoms with Crippen molar-refractivity contribution in [3.05, 3.63) is 48.4 Å². The van der Waals surface area contributed by atoms with Gasteiger partial charge in [-0.25, -0.2) is 4.98 Å². The lowest BCUT2D eigenvalue weighted by atomic mass is 9.90. The number of imidazole rings is 1. The fourth-order valence-electron chi connectivity index (χ4n) is 3.66. The Morgan fingerprint density at radius 2 is 2.19 bits per heavy atom. The van der Waals surface area contributed by atoms with E-state index in [2.05, 4.69) is 32.5 Å². The van der Waals surface area contributed by atoms with Crippen LogP contribution in [0, 0.1) is 5.92 Å². The van der Waals surface area contributed by atoms with E-state index in [0.29, 0.717) is 34.5 Å². The number of ether oxygens (including phenoxy) is 1. The van der Waals surface area contributed by atoms with Gasteiger partial charge < -0.3 is 10.1 Å². The third kappa shape index (κ3) is 4.55. The highest BCUT2D eigenvalue weighted by molar-refractivity contribution is 6.08. The lowest BCUT2D eigenvalue weighted by molar-refractivity contribution is -0.121. The van der Waals surface area contributed by atoms with E-state index in [1.807, 2.05) is 0 Å². The minimum atomic E-state index is -0.308. The van der Waals surface area contributed by atoms with Gasteiger partial charge in [0.2, 0.25) is 0 Å². The number of aromatic amines is 1. The van der Waals surface area contributed by atoms with Gasteiger partial charge in [-0.2, -0.15) is 14.7 Å². The number of nitrogens with zero attached hydrogens (tertiary/aromatic N) is 4. The lowest BCUT2D eigenvalue weighted by Gasteiger charge is -2.14. The zero-order chi connectivity index (χ0) is 21.8. The van der Waals surface area contributed by atoms with E-state index in [4.69, 9.17) is 4.74 Å². The lowest BCUT2D eigenvalue weighted by Crippen LogP contribution is -2.15. The van der Waals surface area contributed by atoms with E-state index in [9.17, 15) is 9.59 Å². The first kappa shape index (κ1) is 20.5. The molecule has 3 aromatic heterocycles. The molecule has 31 heavy (non-hydrogen) atoms.